The first-order chi connectivity index (χ1) is 13.1. The Kier molecular flexibility index (Phi) is 3.73. The van der Waals surface area contributed by atoms with Gasteiger partial charge in [0, 0.05) is 28.6 Å². The number of aromatic nitrogens is 1. The molecule has 0 unspecified atom stereocenters. The number of methoxy groups -OCH3 is 1. The molecule has 2 aromatic rings. The van der Waals surface area contributed by atoms with Crippen LogP contribution in [0, 0.1) is 5.92 Å². The van der Waals surface area contributed by atoms with Crippen molar-refractivity contribution in [1.82, 2.24) is 9.88 Å². The van der Waals surface area contributed by atoms with Crippen LogP contribution >= 0.6 is 0 Å². The summed E-state index contributed by atoms with van der Waals surface area (Å²) < 4.78 is 13.0. The summed E-state index contributed by atoms with van der Waals surface area (Å²) in [7, 11) is 1.38. The van der Waals surface area contributed by atoms with Gasteiger partial charge >= 0.3 is 5.97 Å². The lowest BCUT2D eigenvalue weighted by Crippen LogP contribution is -2.64. The molecule has 0 amide bonds. The van der Waals surface area contributed by atoms with Crippen LogP contribution in [-0.4, -0.2) is 42.2 Å². The molecule has 3 aliphatic heterocycles. The molecule has 1 aromatic carbocycles. The van der Waals surface area contributed by atoms with Gasteiger partial charge in [0.2, 0.25) is 0 Å². The van der Waals surface area contributed by atoms with E-state index in [1.165, 1.54) is 12.7 Å². The molecule has 0 saturated carbocycles. The first-order valence-corrected chi connectivity index (χ1v) is 9.53. The lowest BCUT2D eigenvalue weighted by molar-refractivity contribution is -0.219. The third-order valence-corrected chi connectivity index (χ3v) is 6.60. The van der Waals surface area contributed by atoms with E-state index in [0.717, 1.165) is 41.6 Å². The summed E-state index contributed by atoms with van der Waals surface area (Å²) in [6.45, 7) is 3.20. The van der Waals surface area contributed by atoms with Crippen LogP contribution in [0.5, 0.6) is 0 Å². The van der Waals surface area contributed by atoms with E-state index in [-0.39, 0.29) is 12.0 Å². The highest BCUT2D eigenvalue weighted by Crippen LogP contribution is 2.53. The summed E-state index contributed by atoms with van der Waals surface area (Å²) in [6, 6.07) is 8.26. The number of hydrogen-bond acceptors (Lipinski definition) is 5. The predicted molar refractivity (Wildman–Crippen MR) is 100 cm³/mol. The SMILES string of the molecule is C/C=C1\CO[C@@H](O)[C@]2(C(=O)OC)[C@H]1C[C@@H]1NCCc3c1n2c1ccccc31. The molecule has 0 radical (unpaired) electrons. The molecule has 1 saturated heterocycles. The van der Waals surface area contributed by atoms with Crippen molar-refractivity contribution < 1.29 is 19.4 Å². The van der Waals surface area contributed by atoms with Gasteiger partial charge in [0.05, 0.1) is 13.7 Å². The number of benzene rings is 1. The standard InChI is InChI=1S/C21H24N2O4/c1-3-12-11-27-20(25)21(19(24)26-2)15(12)10-16-18-14(8-9-22-16)13-6-4-5-7-17(13)23(18)21/h3-7,15-16,20,22,25H,8-11H2,1-2H3/b12-3+/t15-,16-,20+,21+/m0/s1. The minimum atomic E-state index is -1.31. The molecule has 6 heteroatoms. The van der Waals surface area contributed by atoms with Crippen molar-refractivity contribution in [2.24, 2.45) is 5.92 Å². The molecule has 2 N–H and O–H groups in total. The first kappa shape index (κ1) is 17.0. The average Bonchev–Trinajstić information content (AvgIpc) is 3.05. The number of esters is 1. The maximum atomic E-state index is 13.3. The first-order valence-electron chi connectivity index (χ1n) is 9.53. The van der Waals surface area contributed by atoms with E-state index >= 15 is 0 Å². The second-order valence-electron chi connectivity index (χ2n) is 7.61. The Morgan fingerprint density at radius 2 is 2.26 bits per heavy atom. The third-order valence-electron chi connectivity index (χ3n) is 6.60. The molecular formula is C21H24N2O4. The number of carbonyl (C=O) groups excluding carboxylic acids is 1. The summed E-state index contributed by atoms with van der Waals surface area (Å²) in [5, 5.41) is 15.8. The fourth-order valence-electron chi connectivity index (χ4n) is 5.49. The van der Waals surface area contributed by atoms with Gasteiger partial charge in [-0.15, -0.1) is 0 Å². The van der Waals surface area contributed by atoms with Gasteiger partial charge in [-0.1, -0.05) is 24.3 Å². The zero-order chi connectivity index (χ0) is 18.8. The molecule has 0 spiro atoms. The van der Waals surface area contributed by atoms with E-state index in [1.807, 2.05) is 35.8 Å². The summed E-state index contributed by atoms with van der Waals surface area (Å²) in [5.41, 5.74) is 3.02. The highest BCUT2D eigenvalue weighted by atomic mass is 16.6. The number of fused-ring (bicyclic) bond motifs is 5. The number of carbonyl (C=O) groups is 1. The molecule has 5 rings (SSSR count). The number of nitrogens with one attached hydrogen (secondary N) is 1. The monoisotopic (exact) mass is 368 g/mol. The summed E-state index contributed by atoms with van der Waals surface area (Å²) >= 11 is 0. The number of nitrogens with zero attached hydrogens (tertiary/aromatic N) is 1. The molecule has 1 fully saturated rings. The Morgan fingerprint density at radius 3 is 3.04 bits per heavy atom. The highest BCUT2D eigenvalue weighted by Gasteiger charge is 2.62. The molecule has 0 bridgehead atoms. The zero-order valence-corrected chi connectivity index (χ0v) is 15.6. The number of rotatable bonds is 1. The normalized spacial score (nSPS) is 33.6. The van der Waals surface area contributed by atoms with E-state index in [2.05, 4.69) is 11.4 Å². The smallest absolute Gasteiger partial charge is 0.338 e. The minimum absolute atomic E-state index is 0.143. The van der Waals surface area contributed by atoms with E-state index < -0.39 is 17.8 Å². The van der Waals surface area contributed by atoms with Gasteiger partial charge in [0.15, 0.2) is 11.8 Å². The Balaban J connectivity index is 1.92. The van der Waals surface area contributed by atoms with Crippen LogP contribution in [0.4, 0.5) is 0 Å². The van der Waals surface area contributed by atoms with Crippen LogP contribution in [0.3, 0.4) is 0 Å². The Hall–Kier alpha value is -2.15. The molecule has 4 heterocycles. The van der Waals surface area contributed by atoms with Gasteiger partial charge in [-0.25, -0.2) is 4.79 Å². The van der Waals surface area contributed by atoms with Gasteiger partial charge in [0.1, 0.15) is 0 Å². The van der Waals surface area contributed by atoms with E-state index in [0.29, 0.717) is 6.61 Å². The van der Waals surface area contributed by atoms with Gasteiger partial charge < -0.3 is 24.5 Å². The fourth-order valence-corrected chi connectivity index (χ4v) is 5.49. The lowest BCUT2D eigenvalue weighted by Gasteiger charge is -2.52. The van der Waals surface area contributed by atoms with Crippen LogP contribution in [-0.2, 0) is 26.2 Å². The number of ether oxygens (including phenoxy) is 2. The van der Waals surface area contributed by atoms with Crippen molar-refractivity contribution in [2.75, 3.05) is 20.3 Å². The van der Waals surface area contributed by atoms with Crippen LogP contribution in [0.2, 0.25) is 0 Å². The second kappa shape index (κ2) is 5.92. The number of aliphatic hydroxyl groups is 1. The summed E-state index contributed by atoms with van der Waals surface area (Å²) in [4.78, 5) is 13.3. The Morgan fingerprint density at radius 1 is 1.44 bits per heavy atom. The third kappa shape index (κ3) is 1.98. The average molecular weight is 368 g/mol. The minimum Gasteiger partial charge on any atom is -0.467 e. The van der Waals surface area contributed by atoms with Crippen molar-refractivity contribution >= 4 is 16.9 Å². The van der Waals surface area contributed by atoms with Crippen LogP contribution in [0.25, 0.3) is 10.9 Å². The Bertz CT molecular complexity index is 962. The van der Waals surface area contributed by atoms with Crippen molar-refractivity contribution in [3.05, 3.63) is 47.2 Å². The summed E-state index contributed by atoms with van der Waals surface area (Å²) in [5.74, 6) is -0.642. The van der Waals surface area contributed by atoms with E-state index in [9.17, 15) is 9.90 Å². The van der Waals surface area contributed by atoms with Gasteiger partial charge in [-0.3, -0.25) is 0 Å². The molecular weight excluding hydrogens is 344 g/mol. The second-order valence-corrected chi connectivity index (χ2v) is 7.61. The quantitative estimate of drug-likeness (QED) is 0.595. The molecule has 4 atom stereocenters. The van der Waals surface area contributed by atoms with Crippen LogP contribution < -0.4 is 5.32 Å². The number of allylic oxidation sites excluding steroid dienone is 1. The fraction of sp³-hybridized carbons (Fsp3) is 0.476. The maximum absolute atomic E-state index is 13.3. The molecule has 1 aromatic heterocycles. The number of hydrogen-bond donors (Lipinski definition) is 2. The zero-order valence-electron chi connectivity index (χ0n) is 15.6. The van der Waals surface area contributed by atoms with Gasteiger partial charge in [-0.2, -0.15) is 0 Å². The topological polar surface area (TPSA) is 72.7 Å². The molecule has 6 nitrogen and oxygen atoms in total. The maximum Gasteiger partial charge on any atom is 0.338 e. The van der Waals surface area contributed by atoms with Gasteiger partial charge in [0.25, 0.3) is 0 Å². The summed E-state index contributed by atoms with van der Waals surface area (Å²) in [6.07, 6.45) is 2.38. The molecule has 142 valence electrons. The van der Waals surface area contributed by atoms with Crippen LogP contribution in [0.1, 0.15) is 30.6 Å². The van der Waals surface area contributed by atoms with Crippen molar-refractivity contribution in [3.8, 4) is 0 Å². The lowest BCUT2D eigenvalue weighted by atomic mass is 9.69. The van der Waals surface area contributed by atoms with E-state index in [4.69, 9.17) is 9.47 Å². The highest BCUT2D eigenvalue weighted by molar-refractivity contribution is 5.91. The van der Waals surface area contributed by atoms with E-state index in [1.54, 1.807) is 0 Å². The number of aliphatic hydroxyl groups excluding tert-OH is 1. The Labute approximate surface area is 157 Å². The predicted octanol–water partition coefficient (Wildman–Crippen LogP) is 2.01. The molecule has 27 heavy (non-hydrogen) atoms. The molecule has 3 aliphatic rings. The molecule has 0 aliphatic carbocycles. The van der Waals surface area contributed by atoms with Crippen molar-refractivity contribution in [2.45, 2.75) is 37.6 Å². The van der Waals surface area contributed by atoms with Crippen molar-refractivity contribution in [3.63, 3.8) is 0 Å². The van der Waals surface area contributed by atoms with Crippen LogP contribution in [0.15, 0.2) is 35.9 Å². The van der Waals surface area contributed by atoms with Gasteiger partial charge in [-0.05, 0) is 43.5 Å². The van der Waals surface area contributed by atoms with Crippen molar-refractivity contribution in [1.29, 1.82) is 0 Å². The number of para-hydroxylation sites is 1. The largest absolute Gasteiger partial charge is 0.467 e.